The van der Waals surface area contributed by atoms with Gasteiger partial charge in [0.05, 0.1) is 0 Å². The van der Waals surface area contributed by atoms with E-state index in [0.29, 0.717) is 19.0 Å². The Morgan fingerprint density at radius 2 is 2.10 bits per heavy atom. The summed E-state index contributed by atoms with van der Waals surface area (Å²) >= 11 is 0. The number of amides is 1. The van der Waals surface area contributed by atoms with Crippen LogP contribution in [0.25, 0.3) is 6.08 Å². The van der Waals surface area contributed by atoms with E-state index in [4.69, 9.17) is 0 Å². The van der Waals surface area contributed by atoms with Gasteiger partial charge in [0.25, 0.3) is 0 Å². The van der Waals surface area contributed by atoms with Crippen molar-refractivity contribution in [3.63, 3.8) is 0 Å². The van der Waals surface area contributed by atoms with Crippen molar-refractivity contribution in [1.29, 1.82) is 0 Å². The van der Waals surface area contributed by atoms with Gasteiger partial charge in [-0.25, -0.2) is 4.39 Å². The highest BCUT2D eigenvalue weighted by Crippen LogP contribution is 2.24. The first-order valence-electron chi connectivity index (χ1n) is 5.74. The van der Waals surface area contributed by atoms with Crippen molar-refractivity contribution in [3.05, 3.63) is 35.7 Å². The second-order valence-corrected chi connectivity index (χ2v) is 3.91. The number of hydrogen-bond donors (Lipinski definition) is 1. The van der Waals surface area contributed by atoms with Crippen molar-refractivity contribution in [2.24, 2.45) is 0 Å². The Labute approximate surface area is 113 Å². The van der Waals surface area contributed by atoms with Crippen LogP contribution in [0, 0.1) is 5.82 Å². The SMILES string of the molecule is CC(=O)NCCC=Cc1ccc(OC(F)(F)F)cc1F. The number of carbonyl (C=O) groups excluding carboxylic acids is 1. The number of nitrogens with one attached hydrogen (secondary N) is 1. The minimum absolute atomic E-state index is 0.141. The maximum Gasteiger partial charge on any atom is 0.573 e. The van der Waals surface area contributed by atoms with E-state index in [1.165, 1.54) is 19.1 Å². The van der Waals surface area contributed by atoms with Crippen molar-refractivity contribution < 1.29 is 27.1 Å². The molecule has 0 aliphatic carbocycles. The molecule has 3 nitrogen and oxygen atoms in total. The van der Waals surface area contributed by atoms with E-state index in [1.54, 1.807) is 6.08 Å². The van der Waals surface area contributed by atoms with Gasteiger partial charge in [-0.2, -0.15) is 0 Å². The van der Waals surface area contributed by atoms with Crippen LogP contribution in [0.1, 0.15) is 18.9 Å². The van der Waals surface area contributed by atoms with Gasteiger partial charge in [-0.1, -0.05) is 12.2 Å². The molecule has 0 saturated heterocycles. The van der Waals surface area contributed by atoms with Crippen LogP contribution >= 0.6 is 0 Å². The fourth-order valence-electron chi connectivity index (χ4n) is 1.38. The minimum atomic E-state index is -4.85. The first-order valence-corrected chi connectivity index (χ1v) is 5.74. The highest BCUT2D eigenvalue weighted by atomic mass is 19.4. The summed E-state index contributed by atoms with van der Waals surface area (Å²) in [5, 5.41) is 2.55. The molecule has 0 fully saturated rings. The molecule has 7 heteroatoms. The molecular formula is C13H13F4NO2. The maximum absolute atomic E-state index is 13.5. The van der Waals surface area contributed by atoms with Crippen LogP contribution in [0.2, 0.25) is 0 Å². The zero-order chi connectivity index (χ0) is 15.2. The van der Waals surface area contributed by atoms with E-state index in [-0.39, 0.29) is 11.5 Å². The zero-order valence-corrected chi connectivity index (χ0v) is 10.6. The number of alkyl halides is 3. The minimum Gasteiger partial charge on any atom is -0.406 e. The Morgan fingerprint density at radius 1 is 1.40 bits per heavy atom. The zero-order valence-electron chi connectivity index (χ0n) is 10.6. The summed E-state index contributed by atoms with van der Waals surface area (Å²) in [6, 6.07) is 2.89. The molecule has 0 radical (unpaired) electrons. The number of rotatable bonds is 5. The molecule has 1 aromatic carbocycles. The second kappa shape index (κ2) is 6.93. The lowest BCUT2D eigenvalue weighted by Crippen LogP contribution is -2.20. The van der Waals surface area contributed by atoms with Gasteiger partial charge in [0, 0.05) is 25.1 Å². The molecular weight excluding hydrogens is 278 g/mol. The molecule has 0 spiro atoms. The largest absolute Gasteiger partial charge is 0.573 e. The van der Waals surface area contributed by atoms with E-state index in [1.807, 2.05) is 0 Å². The Balaban J connectivity index is 2.59. The summed E-state index contributed by atoms with van der Waals surface area (Å²) in [7, 11) is 0. The standard InChI is InChI=1S/C13H13F4NO2/c1-9(19)18-7-3-2-4-10-5-6-11(8-12(10)14)20-13(15,16)17/h2,4-6,8H,3,7H2,1H3,(H,18,19). The van der Waals surface area contributed by atoms with Gasteiger partial charge in [-0.3, -0.25) is 4.79 Å². The van der Waals surface area contributed by atoms with Gasteiger partial charge in [0.2, 0.25) is 5.91 Å². The summed E-state index contributed by atoms with van der Waals surface area (Å²) < 4.78 is 52.9. The Hall–Kier alpha value is -2.05. The normalized spacial score (nSPS) is 11.7. The van der Waals surface area contributed by atoms with Gasteiger partial charge in [-0.05, 0) is 18.6 Å². The van der Waals surface area contributed by atoms with Crippen molar-refractivity contribution in [2.75, 3.05) is 6.54 Å². The predicted octanol–water partition coefficient (Wildman–Crippen LogP) is 3.26. The molecule has 0 aliphatic rings. The lowest BCUT2D eigenvalue weighted by Gasteiger charge is -2.09. The quantitative estimate of drug-likeness (QED) is 0.668. The van der Waals surface area contributed by atoms with Gasteiger partial charge < -0.3 is 10.1 Å². The molecule has 1 rings (SSSR count). The molecule has 1 aromatic rings. The predicted molar refractivity (Wildman–Crippen MR) is 65.4 cm³/mol. The van der Waals surface area contributed by atoms with Crippen LogP contribution in [-0.4, -0.2) is 18.8 Å². The molecule has 0 saturated carbocycles. The molecule has 0 aliphatic heterocycles. The second-order valence-electron chi connectivity index (χ2n) is 3.91. The fraction of sp³-hybridized carbons (Fsp3) is 0.308. The molecule has 1 N–H and O–H groups in total. The van der Waals surface area contributed by atoms with E-state index >= 15 is 0 Å². The molecule has 0 unspecified atom stereocenters. The lowest BCUT2D eigenvalue weighted by molar-refractivity contribution is -0.274. The highest BCUT2D eigenvalue weighted by Gasteiger charge is 2.31. The van der Waals surface area contributed by atoms with Crippen molar-refractivity contribution in [2.45, 2.75) is 19.7 Å². The first-order chi connectivity index (χ1) is 9.28. The Morgan fingerprint density at radius 3 is 2.65 bits per heavy atom. The number of ether oxygens (including phenoxy) is 1. The van der Waals surface area contributed by atoms with E-state index in [2.05, 4.69) is 10.1 Å². The molecule has 20 heavy (non-hydrogen) atoms. The molecule has 0 atom stereocenters. The molecule has 110 valence electrons. The molecule has 0 aromatic heterocycles. The monoisotopic (exact) mass is 291 g/mol. The van der Waals surface area contributed by atoms with E-state index in [0.717, 1.165) is 6.07 Å². The highest BCUT2D eigenvalue weighted by molar-refractivity contribution is 5.72. The lowest BCUT2D eigenvalue weighted by atomic mass is 10.2. The third-order valence-electron chi connectivity index (χ3n) is 2.19. The smallest absolute Gasteiger partial charge is 0.406 e. The summed E-state index contributed by atoms with van der Waals surface area (Å²) in [4.78, 5) is 10.6. The van der Waals surface area contributed by atoms with Crippen LogP contribution < -0.4 is 10.1 Å². The van der Waals surface area contributed by atoms with Crippen molar-refractivity contribution in [3.8, 4) is 5.75 Å². The fourth-order valence-corrected chi connectivity index (χ4v) is 1.38. The topological polar surface area (TPSA) is 38.3 Å². The van der Waals surface area contributed by atoms with Gasteiger partial charge in [-0.15, -0.1) is 13.2 Å². The van der Waals surface area contributed by atoms with Crippen LogP contribution in [0.3, 0.4) is 0 Å². The summed E-state index contributed by atoms with van der Waals surface area (Å²) in [6.07, 6.45) is -1.32. The maximum atomic E-state index is 13.5. The van der Waals surface area contributed by atoms with Crippen molar-refractivity contribution >= 4 is 12.0 Å². The van der Waals surface area contributed by atoms with Crippen LogP contribution in [0.4, 0.5) is 17.6 Å². The van der Waals surface area contributed by atoms with Crippen LogP contribution in [-0.2, 0) is 4.79 Å². The van der Waals surface area contributed by atoms with E-state index in [9.17, 15) is 22.4 Å². The number of benzene rings is 1. The number of halogens is 4. The Kier molecular flexibility index (Phi) is 5.54. The average Bonchev–Trinajstić information content (AvgIpc) is 2.28. The van der Waals surface area contributed by atoms with Crippen LogP contribution in [0.15, 0.2) is 24.3 Å². The third kappa shape index (κ3) is 6.21. The first kappa shape index (κ1) is 16.0. The summed E-state index contributed by atoms with van der Waals surface area (Å²) in [5.74, 6) is -1.59. The summed E-state index contributed by atoms with van der Waals surface area (Å²) in [6.45, 7) is 1.78. The third-order valence-corrected chi connectivity index (χ3v) is 2.19. The van der Waals surface area contributed by atoms with Crippen molar-refractivity contribution in [1.82, 2.24) is 5.32 Å². The number of carbonyl (C=O) groups is 1. The van der Waals surface area contributed by atoms with Gasteiger partial charge in [0.15, 0.2) is 0 Å². The van der Waals surface area contributed by atoms with Crippen LogP contribution in [0.5, 0.6) is 5.75 Å². The van der Waals surface area contributed by atoms with E-state index < -0.39 is 17.9 Å². The molecule has 1 amide bonds. The molecule has 0 heterocycles. The molecule has 0 bridgehead atoms. The number of hydrogen-bond acceptors (Lipinski definition) is 2. The summed E-state index contributed by atoms with van der Waals surface area (Å²) in [5.41, 5.74) is 0.141. The average molecular weight is 291 g/mol. The van der Waals surface area contributed by atoms with Gasteiger partial charge in [0.1, 0.15) is 11.6 Å². The van der Waals surface area contributed by atoms with Gasteiger partial charge >= 0.3 is 6.36 Å². The Bertz CT molecular complexity index is 498.